The SMILES string of the molecule is COc1cccc(CNC(=O)c2ccc(-c3ccncc3)s2)c1. The molecular formula is C18H16N2O2S. The Hall–Kier alpha value is -2.66. The molecule has 0 fully saturated rings. The fourth-order valence-corrected chi connectivity index (χ4v) is 3.11. The highest BCUT2D eigenvalue weighted by Gasteiger charge is 2.10. The molecule has 2 aromatic heterocycles. The maximum absolute atomic E-state index is 12.3. The Labute approximate surface area is 138 Å². The number of carbonyl (C=O) groups is 1. The molecule has 116 valence electrons. The van der Waals surface area contributed by atoms with Crippen LogP contribution in [-0.2, 0) is 6.54 Å². The molecule has 2 heterocycles. The average Bonchev–Trinajstić information content (AvgIpc) is 3.11. The predicted octanol–water partition coefficient (Wildman–Crippen LogP) is 3.75. The Morgan fingerprint density at radius 3 is 2.78 bits per heavy atom. The number of nitrogens with one attached hydrogen (secondary N) is 1. The summed E-state index contributed by atoms with van der Waals surface area (Å²) in [5.41, 5.74) is 2.07. The van der Waals surface area contributed by atoms with Crippen molar-refractivity contribution in [3.63, 3.8) is 0 Å². The Kier molecular flexibility index (Phi) is 4.68. The second-order valence-electron chi connectivity index (χ2n) is 4.93. The molecule has 5 heteroatoms. The van der Waals surface area contributed by atoms with Gasteiger partial charge in [-0.05, 0) is 47.5 Å². The minimum atomic E-state index is -0.0712. The lowest BCUT2D eigenvalue weighted by atomic mass is 10.2. The van der Waals surface area contributed by atoms with Crippen molar-refractivity contribution in [2.24, 2.45) is 0 Å². The fourth-order valence-electron chi connectivity index (χ4n) is 2.18. The third-order valence-electron chi connectivity index (χ3n) is 3.38. The van der Waals surface area contributed by atoms with Gasteiger partial charge in [-0.25, -0.2) is 0 Å². The minimum absolute atomic E-state index is 0.0712. The molecule has 0 aliphatic carbocycles. The normalized spacial score (nSPS) is 10.3. The van der Waals surface area contributed by atoms with Crippen LogP contribution < -0.4 is 10.1 Å². The van der Waals surface area contributed by atoms with Crippen LogP contribution in [0.1, 0.15) is 15.2 Å². The average molecular weight is 324 g/mol. The van der Waals surface area contributed by atoms with Crippen LogP contribution in [0.25, 0.3) is 10.4 Å². The summed E-state index contributed by atoms with van der Waals surface area (Å²) in [6.07, 6.45) is 3.50. The molecule has 3 rings (SSSR count). The molecule has 0 spiro atoms. The Morgan fingerprint density at radius 2 is 2.00 bits per heavy atom. The molecule has 0 radical (unpaired) electrons. The van der Waals surface area contributed by atoms with E-state index in [1.54, 1.807) is 19.5 Å². The zero-order valence-corrected chi connectivity index (χ0v) is 13.5. The number of carbonyl (C=O) groups excluding carboxylic acids is 1. The molecular weight excluding hydrogens is 308 g/mol. The lowest BCUT2D eigenvalue weighted by Crippen LogP contribution is -2.21. The summed E-state index contributed by atoms with van der Waals surface area (Å²) in [6.45, 7) is 0.471. The molecule has 0 aliphatic heterocycles. The monoisotopic (exact) mass is 324 g/mol. The maximum atomic E-state index is 12.3. The largest absolute Gasteiger partial charge is 0.497 e. The first-order chi connectivity index (χ1) is 11.3. The number of rotatable bonds is 5. The summed E-state index contributed by atoms with van der Waals surface area (Å²) in [5, 5.41) is 2.93. The molecule has 0 atom stereocenters. The lowest BCUT2D eigenvalue weighted by molar-refractivity contribution is 0.0955. The molecule has 1 aromatic carbocycles. The number of hydrogen-bond donors (Lipinski definition) is 1. The van der Waals surface area contributed by atoms with E-state index in [4.69, 9.17) is 4.74 Å². The quantitative estimate of drug-likeness (QED) is 0.777. The zero-order chi connectivity index (χ0) is 16.1. The van der Waals surface area contributed by atoms with E-state index in [-0.39, 0.29) is 5.91 Å². The van der Waals surface area contributed by atoms with Gasteiger partial charge in [0, 0.05) is 23.8 Å². The Morgan fingerprint density at radius 1 is 1.17 bits per heavy atom. The van der Waals surface area contributed by atoms with E-state index in [9.17, 15) is 4.79 Å². The Bertz CT molecular complexity index is 800. The van der Waals surface area contributed by atoms with Crippen molar-refractivity contribution in [1.82, 2.24) is 10.3 Å². The van der Waals surface area contributed by atoms with Gasteiger partial charge in [0.05, 0.1) is 12.0 Å². The first kappa shape index (κ1) is 15.2. The molecule has 0 bridgehead atoms. The number of pyridine rings is 1. The van der Waals surface area contributed by atoms with Crippen LogP contribution in [0.4, 0.5) is 0 Å². The van der Waals surface area contributed by atoms with E-state index in [1.165, 1.54) is 11.3 Å². The molecule has 1 amide bonds. The molecule has 0 saturated heterocycles. The van der Waals surface area contributed by atoms with Gasteiger partial charge >= 0.3 is 0 Å². The van der Waals surface area contributed by atoms with Crippen molar-refractivity contribution in [2.75, 3.05) is 7.11 Å². The topological polar surface area (TPSA) is 51.2 Å². The van der Waals surface area contributed by atoms with Crippen LogP contribution in [0.15, 0.2) is 60.9 Å². The molecule has 0 aliphatic rings. The summed E-state index contributed by atoms with van der Waals surface area (Å²) in [7, 11) is 1.63. The Balaban J connectivity index is 1.66. The van der Waals surface area contributed by atoms with E-state index in [1.807, 2.05) is 48.5 Å². The molecule has 0 unspecified atom stereocenters. The van der Waals surface area contributed by atoms with Crippen LogP contribution >= 0.6 is 11.3 Å². The van der Waals surface area contributed by atoms with Gasteiger partial charge in [0.2, 0.25) is 0 Å². The van der Waals surface area contributed by atoms with Crippen LogP contribution in [0.5, 0.6) is 5.75 Å². The molecule has 0 saturated carbocycles. The van der Waals surface area contributed by atoms with Gasteiger partial charge in [0.25, 0.3) is 5.91 Å². The van der Waals surface area contributed by atoms with E-state index in [0.29, 0.717) is 11.4 Å². The van der Waals surface area contributed by atoms with E-state index < -0.39 is 0 Å². The summed E-state index contributed by atoms with van der Waals surface area (Å²) in [5.74, 6) is 0.714. The molecule has 4 nitrogen and oxygen atoms in total. The number of thiophene rings is 1. The van der Waals surface area contributed by atoms with E-state index in [0.717, 1.165) is 21.8 Å². The van der Waals surface area contributed by atoms with Gasteiger partial charge in [-0.2, -0.15) is 0 Å². The highest BCUT2D eigenvalue weighted by Crippen LogP contribution is 2.27. The number of hydrogen-bond acceptors (Lipinski definition) is 4. The van der Waals surface area contributed by atoms with Crippen molar-refractivity contribution in [3.8, 4) is 16.2 Å². The van der Waals surface area contributed by atoms with Crippen LogP contribution in [-0.4, -0.2) is 18.0 Å². The standard InChI is InChI=1S/C18H16N2O2S/c1-22-15-4-2-3-13(11-15)12-20-18(21)17-6-5-16(23-17)14-7-9-19-10-8-14/h2-11H,12H2,1H3,(H,20,21). The molecule has 3 aromatic rings. The highest BCUT2D eigenvalue weighted by molar-refractivity contribution is 7.17. The first-order valence-corrected chi connectivity index (χ1v) is 7.99. The lowest BCUT2D eigenvalue weighted by Gasteiger charge is -2.06. The van der Waals surface area contributed by atoms with Crippen molar-refractivity contribution in [3.05, 3.63) is 71.4 Å². The van der Waals surface area contributed by atoms with Crippen molar-refractivity contribution in [1.29, 1.82) is 0 Å². The summed E-state index contributed by atoms with van der Waals surface area (Å²) < 4.78 is 5.18. The van der Waals surface area contributed by atoms with Crippen molar-refractivity contribution in [2.45, 2.75) is 6.54 Å². The van der Waals surface area contributed by atoms with Gasteiger partial charge in [0.15, 0.2) is 0 Å². The van der Waals surface area contributed by atoms with E-state index >= 15 is 0 Å². The number of amides is 1. The van der Waals surface area contributed by atoms with Gasteiger partial charge in [-0.1, -0.05) is 12.1 Å². The van der Waals surface area contributed by atoms with Gasteiger partial charge < -0.3 is 10.1 Å². The third kappa shape index (κ3) is 3.76. The fraction of sp³-hybridized carbons (Fsp3) is 0.111. The maximum Gasteiger partial charge on any atom is 0.261 e. The first-order valence-electron chi connectivity index (χ1n) is 7.17. The highest BCUT2D eigenvalue weighted by atomic mass is 32.1. The van der Waals surface area contributed by atoms with Gasteiger partial charge in [-0.3, -0.25) is 9.78 Å². The second-order valence-corrected chi connectivity index (χ2v) is 6.02. The van der Waals surface area contributed by atoms with E-state index in [2.05, 4.69) is 10.3 Å². The number of aromatic nitrogens is 1. The zero-order valence-electron chi connectivity index (χ0n) is 12.7. The molecule has 23 heavy (non-hydrogen) atoms. The third-order valence-corrected chi connectivity index (χ3v) is 4.51. The predicted molar refractivity (Wildman–Crippen MR) is 91.7 cm³/mol. The second kappa shape index (κ2) is 7.07. The summed E-state index contributed by atoms with van der Waals surface area (Å²) >= 11 is 1.47. The minimum Gasteiger partial charge on any atom is -0.497 e. The molecule has 1 N–H and O–H groups in total. The van der Waals surface area contributed by atoms with Crippen LogP contribution in [0, 0.1) is 0 Å². The van der Waals surface area contributed by atoms with Crippen molar-refractivity contribution >= 4 is 17.2 Å². The number of ether oxygens (including phenoxy) is 1. The summed E-state index contributed by atoms with van der Waals surface area (Å²) in [4.78, 5) is 18.0. The summed E-state index contributed by atoms with van der Waals surface area (Å²) in [6, 6.07) is 15.3. The number of nitrogens with zero attached hydrogens (tertiary/aromatic N) is 1. The smallest absolute Gasteiger partial charge is 0.261 e. The van der Waals surface area contributed by atoms with Gasteiger partial charge in [-0.15, -0.1) is 11.3 Å². The van der Waals surface area contributed by atoms with Crippen LogP contribution in [0.2, 0.25) is 0 Å². The van der Waals surface area contributed by atoms with Gasteiger partial charge in [0.1, 0.15) is 5.75 Å². The number of benzene rings is 1. The van der Waals surface area contributed by atoms with Crippen molar-refractivity contribution < 1.29 is 9.53 Å². The van der Waals surface area contributed by atoms with Crippen LogP contribution in [0.3, 0.4) is 0 Å². The number of methoxy groups -OCH3 is 1.